The SMILES string of the molecule is CCC(COC)NS(=O)(=O)c1c(C)cc(OC)c(C)c1C. The highest BCUT2D eigenvalue weighted by molar-refractivity contribution is 7.89. The van der Waals surface area contributed by atoms with Crippen LogP contribution >= 0.6 is 0 Å². The van der Waals surface area contributed by atoms with Crippen LogP contribution in [0.3, 0.4) is 0 Å². The molecule has 1 N–H and O–H groups in total. The van der Waals surface area contributed by atoms with Crippen molar-refractivity contribution in [3.8, 4) is 5.75 Å². The van der Waals surface area contributed by atoms with Gasteiger partial charge in [-0.1, -0.05) is 6.92 Å². The second-order valence-corrected chi connectivity index (χ2v) is 6.81. The molecule has 0 spiro atoms. The van der Waals surface area contributed by atoms with E-state index in [1.54, 1.807) is 34.1 Å². The highest BCUT2D eigenvalue weighted by atomic mass is 32.2. The van der Waals surface area contributed by atoms with Gasteiger partial charge in [0, 0.05) is 13.2 Å². The molecule has 0 aliphatic rings. The van der Waals surface area contributed by atoms with E-state index in [0.29, 0.717) is 34.8 Å². The molecule has 0 bridgehead atoms. The van der Waals surface area contributed by atoms with Gasteiger partial charge in [-0.25, -0.2) is 13.1 Å². The maximum absolute atomic E-state index is 12.7. The van der Waals surface area contributed by atoms with Crippen LogP contribution in [0.1, 0.15) is 30.0 Å². The lowest BCUT2D eigenvalue weighted by molar-refractivity contribution is 0.173. The van der Waals surface area contributed by atoms with Crippen molar-refractivity contribution in [3.63, 3.8) is 0 Å². The van der Waals surface area contributed by atoms with Crippen LogP contribution in [0.15, 0.2) is 11.0 Å². The monoisotopic (exact) mass is 315 g/mol. The van der Waals surface area contributed by atoms with Crippen molar-refractivity contribution >= 4 is 10.0 Å². The maximum atomic E-state index is 12.7. The smallest absolute Gasteiger partial charge is 0.241 e. The summed E-state index contributed by atoms with van der Waals surface area (Å²) in [6.45, 7) is 7.71. The van der Waals surface area contributed by atoms with Crippen molar-refractivity contribution in [2.45, 2.75) is 45.1 Å². The molecule has 0 saturated carbocycles. The summed E-state index contributed by atoms with van der Waals surface area (Å²) in [5, 5.41) is 0. The molecule has 0 aliphatic carbocycles. The summed E-state index contributed by atoms with van der Waals surface area (Å²) in [6.07, 6.45) is 0.667. The van der Waals surface area contributed by atoms with Gasteiger partial charge in [0.15, 0.2) is 0 Å². The largest absolute Gasteiger partial charge is 0.496 e. The number of hydrogen-bond donors (Lipinski definition) is 1. The number of ether oxygens (including phenoxy) is 2. The highest BCUT2D eigenvalue weighted by Crippen LogP contribution is 2.30. The summed E-state index contributed by atoms with van der Waals surface area (Å²) in [5.74, 6) is 0.702. The lowest BCUT2D eigenvalue weighted by Crippen LogP contribution is -2.38. The number of nitrogens with one attached hydrogen (secondary N) is 1. The number of sulfonamides is 1. The van der Waals surface area contributed by atoms with Crippen molar-refractivity contribution in [3.05, 3.63) is 22.8 Å². The van der Waals surface area contributed by atoms with Crippen molar-refractivity contribution in [2.75, 3.05) is 20.8 Å². The fourth-order valence-electron chi connectivity index (χ4n) is 2.36. The van der Waals surface area contributed by atoms with Crippen LogP contribution < -0.4 is 9.46 Å². The summed E-state index contributed by atoms with van der Waals surface area (Å²) in [5.41, 5.74) is 2.23. The normalized spacial score (nSPS) is 13.2. The number of hydrogen-bond acceptors (Lipinski definition) is 4. The van der Waals surface area contributed by atoms with Crippen LogP contribution in [0, 0.1) is 20.8 Å². The van der Waals surface area contributed by atoms with E-state index in [0.717, 1.165) is 5.56 Å². The minimum Gasteiger partial charge on any atom is -0.496 e. The Morgan fingerprint density at radius 3 is 2.29 bits per heavy atom. The minimum absolute atomic E-state index is 0.235. The first-order valence-corrected chi connectivity index (χ1v) is 8.42. The zero-order valence-corrected chi connectivity index (χ0v) is 14.4. The van der Waals surface area contributed by atoms with Crippen LogP contribution in [-0.4, -0.2) is 35.3 Å². The molecule has 5 nitrogen and oxygen atoms in total. The number of methoxy groups -OCH3 is 2. The average Bonchev–Trinajstić information content (AvgIpc) is 2.41. The topological polar surface area (TPSA) is 64.6 Å². The Labute approximate surface area is 127 Å². The fraction of sp³-hybridized carbons (Fsp3) is 0.600. The van der Waals surface area contributed by atoms with Crippen LogP contribution in [0.2, 0.25) is 0 Å². The molecule has 1 rings (SSSR count). The molecule has 0 saturated heterocycles. The molecular weight excluding hydrogens is 290 g/mol. The van der Waals surface area contributed by atoms with E-state index >= 15 is 0 Å². The van der Waals surface area contributed by atoms with Gasteiger partial charge >= 0.3 is 0 Å². The van der Waals surface area contributed by atoms with E-state index in [1.165, 1.54) is 0 Å². The second-order valence-electron chi connectivity index (χ2n) is 5.16. The lowest BCUT2D eigenvalue weighted by atomic mass is 10.1. The molecule has 1 atom stereocenters. The van der Waals surface area contributed by atoms with Gasteiger partial charge in [-0.05, 0) is 49.9 Å². The maximum Gasteiger partial charge on any atom is 0.241 e. The Morgan fingerprint density at radius 2 is 1.81 bits per heavy atom. The van der Waals surface area contributed by atoms with Crippen LogP contribution in [-0.2, 0) is 14.8 Å². The summed E-state index contributed by atoms with van der Waals surface area (Å²) in [7, 11) is -0.445. The van der Waals surface area contributed by atoms with Crippen molar-refractivity contribution < 1.29 is 17.9 Å². The third-order valence-electron chi connectivity index (χ3n) is 3.65. The molecule has 1 aromatic carbocycles. The number of aryl methyl sites for hydroxylation is 1. The standard InChI is InChI=1S/C15H25NO4S/c1-7-13(9-19-5)16-21(17,18)15-10(2)8-14(20-6)11(3)12(15)4/h8,13,16H,7,9H2,1-6H3. The van der Waals surface area contributed by atoms with Crippen molar-refractivity contribution in [1.29, 1.82) is 0 Å². The highest BCUT2D eigenvalue weighted by Gasteiger charge is 2.25. The molecule has 1 aromatic rings. The van der Waals surface area contributed by atoms with Crippen molar-refractivity contribution in [1.82, 2.24) is 4.72 Å². The molecule has 0 aromatic heterocycles. The Morgan fingerprint density at radius 1 is 1.19 bits per heavy atom. The first-order chi connectivity index (χ1) is 9.78. The molecule has 1 unspecified atom stereocenters. The van der Waals surface area contributed by atoms with Crippen molar-refractivity contribution in [2.24, 2.45) is 0 Å². The van der Waals surface area contributed by atoms with Gasteiger partial charge in [-0.15, -0.1) is 0 Å². The van der Waals surface area contributed by atoms with E-state index in [-0.39, 0.29) is 6.04 Å². The molecule has 0 fully saturated rings. The van der Waals surface area contributed by atoms with Crippen LogP contribution in [0.5, 0.6) is 5.75 Å². The summed E-state index contributed by atoms with van der Waals surface area (Å²) in [6, 6.07) is 1.52. The molecule has 0 heterocycles. The Kier molecular flexibility index (Phi) is 6.19. The molecule has 6 heteroatoms. The van der Waals surface area contributed by atoms with Gasteiger partial charge in [-0.3, -0.25) is 0 Å². The average molecular weight is 315 g/mol. The van der Waals surface area contributed by atoms with E-state index in [9.17, 15) is 8.42 Å². The lowest BCUT2D eigenvalue weighted by Gasteiger charge is -2.20. The summed E-state index contributed by atoms with van der Waals surface area (Å²) in [4.78, 5) is 0.329. The molecule has 120 valence electrons. The molecular formula is C15H25NO4S. The fourth-order valence-corrected chi connectivity index (χ4v) is 4.19. The number of benzene rings is 1. The number of rotatable bonds is 7. The van der Waals surface area contributed by atoms with Gasteiger partial charge in [0.1, 0.15) is 5.75 Å². The van der Waals surface area contributed by atoms with Gasteiger partial charge in [0.25, 0.3) is 0 Å². The van der Waals surface area contributed by atoms with Gasteiger partial charge in [0.2, 0.25) is 10.0 Å². The van der Waals surface area contributed by atoms with Gasteiger partial charge in [0.05, 0.1) is 18.6 Å². The predicted molar refractivity (Wildman–Crippen MR) is 83.5 cm³/mol. The van der Waals surface area contributed by atoms with E-state index < -0.39 is 10.0 Å². The molecule has 0 amide bonds. The van der Waals surface area contributed by atoms with E-state index in [2.05, 4.69) is 4.72 Å². The van der Waals surface area contributed by atoms with E-state index in [1.807, 2.05) is 13.8 Å². The first-order valence-electron chi connectivity index (χ1n) is 6.94. The molecule has 0 radical (unpaired) electrons. The minimum atomic E-state index is -3.59. The predicted octanol–water partition coefficient (Wildman–Crippen LogP) is 2.32. The van der Waals surface area contributed by atoms with Crippen LogP contribution in [0.25, 0.3) is 0 Å². The van der Waals surface area contributed by atoms with E-state index in [4.69, 9.17) is 9.47 Å². The Balaban J connectivity index is 3.29. The summed E-state index contributed by atoms with van der Waals surface area (Å²) >= 11 is 0. The quantitative estimate of drug-likeness (QED) is 0.838. The molecule has 21 heavy (non-hydrogen) atoms. The third kappa shape index (κ3) is 3.96. The first kappa shape index (κ1) is 17.9. The summed E-state index contributed by atoms with van der Waals surface area (Å²) < 4.78 is 38.4. The molecule has 0 aliphatic heterocycles. The third-order valence-corrected chi connectivity index (χ3v) is 5.46. The van der Waals surface area contributed by atoms with Crippen LogP contribution in [0.4, 0.5) is 0 Å². The second kappa shape index (κ2) is 7.24. The Hall–Kier alpha value is -1.11. The Bertz CT molecular complexity index is 596. The zero-order valence-electron chi connectivity index (χ0n) is 13.6. The zero-order chi connectivity index (χ0) is 16.2. The van der Waals surface area contributed by atoms with Gasteiger partial charge < -0.3 is 9.47 Å². The van der Waals surface area contributed by atoms with Gasteiger partial charge in [-0.2, -0.15) is 0 Å².